The Bertz CT molecular complexity index is 1100. The lowest BCUT2D eigenvalue weighted by Gasteiger charge is -2.07. The number of halogens is 3. The van der Waals surface area contributed by atoms with Gasteiger partial charge in [0.1, 0.15) is 5.82 Å². The van der Waals surface area contributed by atoms with Crippen LogP contribution in [-0.2, 0) is 19.6 Å². The zero-order valence-electron chi connectivity index (χ0n) is 15.1. The van der Waals surface area contributed by atoms with Gasteiger partial charge in [-0.3, -0.25) is 0 Å². The fourth-order valence-corrected chi connectivity index (χ4v) is 3.69. The summed E-state index contributed by atoms with van der Waals surface area (Å²) in [5.41, 5.74) is 4.55. The first-order valence-corrected chi connectivity index (χ1v) is 9.81. The van der Waals surface area contributed by atoms with Crippen molar-refractivity contribution >= 4 is 34.1 Å². The van der Waals surface area contributed by atoms with E-state index in [0.29, 0.717) is 16.6 Å². The molecular weight excluding hydrogens is 394 g/mol. The highest BCUT2D eigenvalue weighted by Crippen LogP contribution is 2.26. The standard InChI is InChI=1S/C23H19Cl2FN2/c24-21-10-7-17(11-22(21)25)14-28-15-18(20-3-1-2-4-23(20)28)13-27-12-16-5-8-19(26)9-6-16/h1-11,15,27H,12-14H2. The smallest absolute Gasteiger partial charge is 0.123 e. The number of nitrogens with one attached hydrogen (secondary N) is 1. The molecule has 0 bridgehead atoms. The second-order valence-corrected chi connectivity index (χ2v) is 7.59. The van der Waals surface area contributed by atoms with Crippen molar-refractivity contribution in [3.05, 3.63) is 105 Å². The van der Waals surface area contributed by atoms with Gasteiger partial charge in [-0.2, -0.15) is 0 Å². The molecule has 3 aromatic carbocycles. The van der Waals surface area contributed by atoms with E-state index in [4.69, 9.17) is 23.2 Å². The van der Waals surface area contributed by atoms with Gasteiger partial charge in [-0.15, -0.1) is 0 Å². The Morgan fingerprint density at radius 2 is 1.57 bits per heavy atom. The summed E-state index contributed by atoms with van der Waals surface area (Å²) in [5.74, 6) is -0.214. The maximum absolute atomic E-state index is 13.0. The summed E-state index contributed by atoms with van der Waals surface area (Å²) >= 11 is 12.2. The molecule has 1 heterocycles. The van der Waals surface area contributed by atoms with Crippen LogP contribution in [0.25, 0.3) is 10.9 Å². The third-order valence-corrected chi connectivity index (χ3v) is 5.50. The van der Waals surface area contributed by atoms with Crippen molar-refractivity contribution in [3.8, 4) is 0 Å². The molecule has 0 aliphatic carbocycles. The van der Waals surface area contributed by atoms with Crippen LogP contribution in [0.2, 0.25) is 10.0 Å². The quantitative estimate of drug-likeness (QED) is 0.386. The number of rotatable bonds is 6. The molecule has 5 heteroatoms. The lowest BCUT2D eigenvalue weighted by Crippen LogP contribution is -2.12. The average Bonchev–Trinajstić information content (AvgIpc) is 3.04. The second-order valence-electron chi connectivity index (χ2n) is 6.78. The van der Waals surface area contributed by atoms with Gasteiger partial charge in [-0.1, -0.05) is 59.6 Å². The molecule has 4 rings (SSSR count). The van der Waals surface area contributed by atoms with Crippen LogP contribution in [-0.4, -0.2) is 4.57 Å². The van der Waals surface area contributed by atoms with Gasteiger partial charge in [0.15, 0.2) is 0 Å². The summed E-state index contributed by atoms with van der Waals surface area (Å²) in [5, 5.41) is 5.80. The topological polar surface area (TPSA) is 17.0 Å². The van der Waals surface area contributed by atoms with E-state index in [1.54, 1.807) is 12.1 Å². The summed E-state index contributed by atoms with van der Waals surface area (Å²) in [6.07, 6.45) is 2.17. The second kappa shape index (κ2) is 8.36. The van der Waals surface area contributed by atoms with Crippen molar-refractivity contribution in [2.75, 3.05) is 0 Å². The number of hydrogen-bond acceptors (Lipinski definition) is 1. The van der Waals surface area contributed by atoms with Crippen molar-refractivity contribution in [1.82, 2.24) is 9.88 Å². The van der Waals surface area contributed by atoms with E-state index in [1.807, 2.05) is 24.3 Å². The van der Waals surface area contributed by atoms with Gasteiger partial charge < -0.3 is 9.88 Å². The fraction of sp³-hybridized carbons (Fsp3) is 0.130. The molecule has 4 aromatic rings. The SMILES string of the molecule is Fc1ccc(CNCc2cn(Cc3ccc(Cl)c(Cl)c3)c3ccccc23)cc1. The first-order valence-electron chi connectivity index (χ1n) is 9.06. The molecule has 0 amide bonds. The van der Waals surface area contributed by atoms with Crippen LogP contribution in [0.3, 0.4) is 0 Å². The van der Waals surface area contributed by atoms with Crippen LogP contribution >= 0.6 is 23.2 Å². The maximum atomic E-state index is 13.0. The Labute approximate surface area is 173 Å². The van der Waals surface area contributed by atoms with E-state index < -0.39 is 0 Å². The van der Waals surface area contributed by atoms with Crippen molar-refractivity contribution < 1.29 is 4.39 Å². The molecule has 2 nitrogen and oxygen atoms in total. The minimum absolute atomic E-state index is 0.214. The summed E-state index contributed by atoms with van der Waals surface area (Å²) in [6, 6.07) is 20.7. The van der Waals surface area contributed by atoms with Crippen molar-refractivity contribution in [2.45, 2.75) is 19.6 Å². The van der Waals surface area contributed by atoms with E-state index in [-0.39, 0.29) is 5.82 Å². The number of hydrogen-bond donors (Lipinski definition) is 1. The van der Waals surface area contributed by atoms with Crippen LogP contribution < -0.4 is 5.32 Å². The number of fused-ring (bicyclic) bond motifs is 1. The van der Waals surface area contributed by atoms with Crippen molar-refractivity contribution in [3.63, 3.8) is 0 Å². The normalized spacial score (nSPS) is 11.2. The molecule has 0 atom stereocenters. The Hall–Kier alpha value is -2.33. The van der Waals surface area contributed by atoms with E-state index in [9.17, 15) is 4.39 Å². The molecule has 0 saturated heterocycles. The van der Waals surface area contributed by atoms with Crippen LogP contribution in [0.15, 0.2) is 72.9 Å². The van der Waals surface area contributed by atoms with Crippen molar-refractivity contribution in [2.24, 2.45) is 0 Å². The van der Waals surface area contributed by atoms with Crippen LogP contribution in [0.5, 0.6) is 0 Å². The summed E-state index contributed by atoms with van der Waals surface area (Å²) in [6.45, 7) is 2.13. The van der Waals surface area contributed by atoms with E-state index in [0.717, 1.165) is 24.2 Å². The molecule has 0 unspecified atom stereocenters. The van der Waals surface area contributed by atoms with E-state index in [2.05, 4.69) is 34.3 Å². The molecule has 0 saturated carbocycles. The lowest BCUT2D eigenvalue weighted by atomic mass is 10.1. The van der Waals surface area contributed by atoms with Crippen LogP contribution in [0.1, 0.15) is 16.7 Å². The van der Waals surface area contributed by atoms with Gasteiger partial charge in [-0.05, 0) is 47.0 Å². The average molecular weight is 413 g/mol. The highest BCUT2D eigenvalue weighted by Gasteiger charge is 2.09. The third-order valence-electron chi connectivity index (χ3n) is 4.77. The largest absolute Gasteiger partial charge is 0.343 e. The number of benzene rings is 3. The first kappa shape index (κ1) is 19.0. The van der Waals surface area contributed by atoms with Crippen LogP contribution in [0, 0.1) is 5.82 Å². The Morgan fingerprint density at radius 3 is 2.36 bits per heavy atom. The molecule has 28 heavy (non-hydrogen) atoms. The fourth-order valence-electron chi connectivity index (χ4n) is 3.37. The van der Waals surface area contributed by atoms with E-state index >= 15 is 0 Å². The minimum Gasteiger partial charge on any atom is -0.343 e. The zero-order chi connectivity index (χ0) is 19.5. The minimum atomic E-state index is -0.214. The molecule has 0 aliphatic rings. The molecule has 1 aromatic heterocycles. The van der Waals surface area contributed by atoms with Gasteiger partial charge in [0.05, 0.1) is 10.0 Å². The van der Waals surface area contributed by atoms with Gasteiger partial charge in [0.2, 0.25) is 0 Å². The van der Waals surface area contributed by atoms with Crippen molar-refractivity contribution in [1.29, 1.82) is 0 Å². The number of nitrogens with zero attached hydrogens (tertiary/aromatic N) is 1. The first-order chi connectivity index (χ1) is 13.6. The molecule has 0 spiro atoms. The third kappa shape index (κ3) is 4.22. The highest BCUT2D eigenvalue weighted by atomic mass is 35.5. The van der Waals surface area contributed by atoms with Gasteiger partial charge in [-0.25, -0.2) is 4.39 Å². The highest BCUT2D eigenvalue weighted by molar-refractivity contribution is 6.42. The Kier molecular flexibility index (Phi) is 5.67. The van der Waals surface area contributed by atoms with E-state index in [1.165, 1.54) is 28.6 Å². The molecule has 0 radical (unpaired) electrons. The summed E-state index contributed by atoms with van der Waals surface area (Å²) < 4.78 is 15.3. The number of para-hydroxylation sites is 1. The summed E-state index contributed by atoms with van der Waals surface area (Å²) in [7, 11) is 0. The maximum Gasteiger partial charge on any atom is 0.123 e. The predicted molar refractivity (Wildman–Crippen MR) is 114 cm³/mol. The molecular formula is C23H19Cl2FN2. The number of aromatic nitrogens is 1. The molecule has 1 N–H and O–H groups in total. The van der Waals surface area contributed by atoms with Gasteiger partial charge >= 0.3 is 0 Å². The monoisotopic (exact) mass is 412 g/mol. The predicted octanol–water partition coefficient (Wildman–Crippen LogP) is 6.43. The lowest BCUT2D eigenvalue weighted by molar-refractivity contribution is 0.625. The van der Waals surface area contributed by atoms with Gasteiger partial charge in [0, 0.05) is 36.7 Å². The summed E-state index contributed by atoms with van der Waals surface area (Å²) in [4.78, 5) is 0. The molecule has 0 fully saturated rings. The molecule has 0 aliphatic heterocycles. The zero-order valence-corrected chi connectivity index (χ0v) is 16.6. The molecule has 142 valence electrons. The Morgan fingerprint density at radius 1 is 0.821 bits per heavy atom. The Balaban J connectivity index is 1.53. The van der Waals surface area contributed by atoms with Gasteiger partial charge in [0.25, 0.3) is 0 Å². The van der Waals surface area contributed by atoms with Crippen LogP contribution in [0.4, 0.5) is 4.39 Å².